The SMILES string of the molecule is Cc1ccc(O)c(N=Cc2cc(Cc3ccccc3)cc([N+](=O)[O-])c2[O-])c1. The molecule has 0 aromatic heterocycles. The molecular weight excluding hydrogens is 344 g/mol. The number of benzene rings is 3. The van der Waals surface area contributed by atoms with Crippen LogP contribution in [-0.2, 0) is 6.42 Å². The van der Waals surface area contributed by atoms with E-state index in [0.29, 0.717) is 17.7 Å². The zero-order chi connectivity index (χ0) is 19.4. The quantitative estimate of drug-likeness (QED) is 0.421. The highest BCUT2D eigenvalue weighted by Crippen LogP contribution is 2.31. The van der Waals surface area contributed by atoms with Crippen molar-refractivity contribution in [1.82, 2.24) is 0 Å². The van der Waals surface area contributed by atoms with Gasteiger partial charge in [-0.1, -0.05) is 36.4 Å². The second-order valence-electron chi connectivity index (χ2n) is 6.20. The van der Waals surface area contributed by atoms with Gasteiger partial charge in [-0.25, -0.2) is 0 Å². The molecule has 0 aliphatic rings. The van der Waals surface area contributed by atoms with Gasteiger partial charge in [0.05, 0.1) is 4.92 Å². The lowest BCUT2D eigenvalue weighted by Crippen LogP contribution is -2.04. The molecule has 0 aliphatic heterocycles. The smallest absolute Gasteiger partial charge is 0.262 e. The molecule has 0 bridgehead atoms. The molecule has 6 heteroatoms. The van der Waals surface area contributed by atoms with E-state index in [0.717, 1.165) is 11.1 Å². The summed E-state index contributed by atoms with van der Waals surface area (Å²) in [6.07, 6.45) is 1.72. The summed E-state index contributed by atoms with van der Waals surface area (Å²) in [5.74, 6) is -0.730. The number of aliphatic imine (C=N–C) groups is 1. The number of hydrogen-bond acceptors (Lipinski definition) is 5. The molecule has 0 saturated carbocycles. The Morgan fingerprint density at radius 3 is 2.52 bits per heavy atom. The van der Waals surface area contributed by atoms with Gasteiger partial charge in [-0.2, -0.15) is 0 Å². The zero-order valence-corrected chi connectivity index (χ0v) is 14.6. The predicted molar refractivity (Wildman–Crippen MR) is 102 cm³/mol. The van der Waals surface area contributed by atoms with Crippen LogP contribution in [0.25, 0.3) is 0 Å². The zero-order valence-electron chi connectivity index (χ0n) is 14.6. The fourth-order valence-electron chi connectivity index (χ4n) is 2.74. The van der Waals surface area contributed by atoms with Crippen LogP contribution < -0.4 is 5.11 Å². The molecule has 0 amide bonds. The monoisotopic (exact) mass is 361 g/mol. The summed E-state index contributed by atoms with van der Waals surface area (Å²) >= 11 is 0. The van der Waals surface area contributed by atoms with E-state index < -0.39 is 16.4 Å². The number of phenolic OH excluding ortho intramolecular Hbond substituents is 1. The number of phenols is 1. The highest BCUT2D eigenvalue weighted by atomic mass is 16.6. The van der Waals surface area contributed by atoms with E-state index in [2.05, 4.69) is 4.99 Å². The van der Waals surface area contributed by atoms with Crippen LogP contribution in [0.3, 0.4) is 0 Å². The summed E-state index contributed by atoms with van der Waals surface area (Å²) in [6, 6.07) is 17.3. The molecule has 3 aromatic carbocycles. The normalized spacial score (nSPS) is 11.0. The fraction of sp³-hybridized carbons (Fsp3) is 0.0952. The van der Waals surface area contributed by atoms with Gasteiger partial charge in [-0.15, -0.1) is 0 Å². The highest BCUT2D eigenvalue weighted by molar-refractivity contribution is 5.88. The number of rotatable bonds is 5. The number of aryl methyl sites for hydroxylation is 1. The van der Waals surface area contributed by atoms with Crippen molar-refractivity contribution >= 4 is 17.6 Å². The molecule has 1 N–H and O–H groups in total. The summed E-state index contributed by atoms with van der Waals surface area (Å²) in [5, 5.41) is 33.5. The standard InChI is InChI=1S/C21H18N2O4/c1-14-7-8-20(24)18(9-14)22-13-17-11-16(10-15-5-3-2-4-6-15)12-19(21(17)25)23(26)27/h2-9,11-13,24-25H,10H2,1H3/p-1. The minimum atomic E-state index is -0.701. The maximum Gasteiger partial charge on any atom is 0.262 e. The second-order valence-corrected chi connectivity index (χ2v) is 6.20. The first-order valence-electron chi connectivity index (χ1n) is 8.30. The molecular formula is C21H17N2O4-. The van der Waals surface area contributed by atoms with Gasteiger partial charge in [-0.3, -0.25) is 15.1 Å². The van der Waals surface area contributed by atoms with Crippen molar-refractivity contribution in [2.24, 2.45) is 4.99 Å². The first-order valence-corrected chi connectivity index (χ1v) is 8.30. The van der Waals surface area contributed by atoms with E-state index in [1.807, 2.05) is 37.3 Å². The van der Waals surface area contributed by atoms with Gasteiger partial charge in [0, 0.05) is 12.3 Å². The van der Waals surface area contributed by atoms with Crippen molar-refractivity contribution in [2.75, 3.05) is 0 Å². The fourth-order valence-corrected chi connectivity index (χ4v) is 2.74. The van der Waals surface area contributed by atoms with Crippen LogP contribution in [-0.4, -0.2) is 16.2 Å². The molecule has 136 valence electrons. The molecule has 0 saturated heterocycles. The van der Waals surface area contributed by atoms with E-state index >= 15 is 0 Å². The van der Waals surface area contributed by atoms with E-state index in [1.165, 1.54) is 18.3 Å². The minimum Gasteiger partial charge on any atom is -0.867 e. The number of hydrogen-bond donors (Lipinski definition) is 1. The topological polar surface area (TPSA) is 98.8 Å². The number of aromatic hydroxyl groups is 1. The average molecular weight is 361 g/mol. The molecule has 0 aliphatic carbocycles. The van der Waals surface area contributed by atoms with Crippen molar-refractivity contribution in [3.8, 4) is 11.5 Å². The van der Waals surface area contributed by atoms with Gasteiger partial charge in [0.1, 0.15) is 11.4 Å². The first kappa shape index (κ1) is 18.1. The summed E-state index contributed by atoms with van der Waals surface area (Å²) < 4.78 is 0. The Hall–Kier alpha value is -3.67. The first-order chi connectivity index (χ1) is 12.9. The molecule has 0 unspecified atom stereocenters. The molecule has 3 rings (SSSR count). The number of nitro benzene ring substituents is 1. The van der Waals surface area contributed by atoms with Crippen molar-refractivity contribution in [2.45, 2.75) is 13.3 Å². The maximum absolute atomic E-state index is 12.4. The second kappa shape index (κ2) is 7.70. The van der Waals surface area contributed by atoms with Crippen molar-refractivity contribution in [3.05, 3.63) is 93.0 Å². The third-order valence-corrected chi connectivity index (χ3v) is 4.08. The van der Waals surface area contributed by atoms with Gasteiger partial charge < -0.3 is 10.2 Å². The van der Waals surface area contributed by atoms with E-state index in [-0.39, 0.29) is 11.3 Å². The summed E-state index contributed by atoms with van der Waals surface area (Å²) in [4.78, 5) is 14.7. The molecule has 27 heavy (non-hydrogen) atoms. The predicted octanol–water partition coefficient (Wildman–Crippen LogP) is 4.02. The van der Waals surface area contributed by atoms with Crippen molar-refractivity contribution < 1.29 is 15.1 Å². The lowest BCUT2D eigenvalue weighted by molar-refractivity contribution is -0.398. The van der Waals surface area contributed by atoms with Gasteiger partial charge >= 0.3 is 0 Å². The van der Waals surface area contributed by atoms with Gasteiger partial charge in [-0.05, 0) is 59.5 Å². The van der Waals surface area contributed by atoms with E-state index in [9.17, 15) is 20.3 Å². The van der Waals surface area contributed by atoms with Crippen LogP contribution >= 0.6 is 0 Å². The molecule has 3 aromatic rings. The van der Waals surface area contributed by atoms with Crippen LogP contribution in [0, 0.1) is 17.0 Å². The van der Waals surface area contributed by atoms with Crippen LogP contribution in [0.5, 0.6) is 11.5 Å². The van der Waals surface area contributed by atoms with Crippen LogP contribution in [0.15, 0.2) is 65.7 Å². The summed E-state index contributed by atoms with van der Waals surface area (Å²) in [6.45, 7) is 1.85. The highest BCUT2D eigenvalue weighted by Gasteiger charge is 2.13. The van der Waals surface area contributed by atoms with E-state index in [1.54, 1.807) is 18.2 Å². The Kier molecular flexibility index (Phi) is 5.17. The maximum atomic E-state index is 12.4. The van der Waals surface area contributed by atoms with Gasteiger partial charge in [0.15, 0.2) is 0 Å². The van der Waals surface area contributed by atoms with Crippen LogP contribution in [0.1, 0.15) is 22.3 Å². The van der Waals surface area contributed by atoms with Crippen LogP contribution in [0.4, 0.5) is 11.4 Å². The minimum absolute atomic E-state index is 0.0285. The largest absolute Gasteiger partial charge is 0.867 e. The Morgan fingerprint density at radius 1 is 1.07 bits per heavy atom. The molecule has 0 fully saturated rings. The third kappa shape index (κ3) is 4.30. The number of nitrogens with zero attached hydrogens (tertiary/aromatic N) is 2. The Balaban J connectivity index is 2.01. The van der Waals surface area contributed by atoms with Crippen molar-refractivity contribution in [3.63, 3.8) is 0 Å². The summed E-state index contributed by atoms with van der Waals surface area (Å²) in [7, 11) is 0. The molecule has 0 radical (unpaired) electrons. The molecule has 6 nitrogen and oxygen atoms in total. The Morgan fingerprint density at radius 2 is 1.81 bits per heavy atom. The van der Waals surface area contributed by atoms with Gasteiger partial charge in [0.25, 0.3) is 5.69 Å². The van der Waals surface area contributed by atoms with Crippen molar-refractivity contribution in [1.29, 1.82) is 0 Å². The Bertz CT molecular complexity index is 1010. The summed E-state index contributed by atoms with van der Waals surface area (Å²) in [5.41, 5.74) is 2.43. The van der Waals surface area contributed by atoms with Crippen LogP contribution in [0.2, 0.25) is 0 Å². The Labute approximate surface area is 156 Å². The third-order valence-electron chi connectivity index (χ3n) is 4.08. The lowest BCUT2D eigenvalue weighted by atomic mass is 10.0. The molecule has 0 heterocycles. The lowest BCUT2D eigenvalue weighted by Gasteiger charge is -2.13. The average Bonchev–Trinajstić information content (AvgIpc) is 2.65. The number of nitro groups is 1. The van der Waals surface area contributed by atoms with Gasteiger partial charge in [0.2, 0.25) is 0 Å². The molecule has 0 atom stereocenters. The van der Waals surface area contributed by atoms with E-state index in [4.69, 9.17) is 0 Å². The molecule has 0 spiro atoms.